The maximum absolute atomic E-state index is 13.6. The first-order valence-electron chi connectivity index (χ1n) is 4.10. The Labute approximate surface area is 99.3 Å². The lowest BCUT2D eigenvalue weighted by Crippen LogP contribution is -1.92. The molecule has 0 saturated carbocycles. The van der Waals surface area contributed by atoms with Crippen LogP contribution in [-0.4, -0.2) is 9.97 Å². The minimum Gasteiger partial charge on any atom is -0.233 e. The summed E-state index contributed by atoms with van der Waals surface area (Å²) in [7, 11) is 0. The molecule has 1 aromatic heterocycles. The fourth-order valence-corrected chi connectivity index (χ4v) is 1.66. The van der Waals surface area contributed by atoms with Gasteiger partial charge in [-0.1, -0.05) is 23.7 Å². The topological polar surface area (TPSA) is 25.8 Å². The van der Waals surface area contributed by atoms with Gasteiger partial charge in [-0.2, -0.15) is 0 Å². The van der Waals surface area contributed by atoms with Gasteiger partial charge < -0.3 is 0 Å². The predicted octanol–water partition coefficient (Wildman–Crippen LogP) is 3.70. The van der Waals surface area contributed by atoms with Crippen LogP contribution in [0.1, 0.15) is 0 Å². The molecule has 0 bridgehead atoms. The van der Waals surface area contributed by atoms with E-state index in [-0.39, 0.29) is 10.3 Å². The molecule has 0 aliphatic heterocycles. The molecule has 76 valence electrons. The lowest BCUT2D eigenvalue weighted by atomic mass is 10.1. The van der Waals surface area contributed by atoms with Crippen LogP contribution < -0.4 is 0 Å². The number of rotatable bonds is 1. The number of nitrogens with zero attached hydrogens (tertiary/aromatic N) is 2. The van der Waals surface area contributed by atoms with Crippen LogP contribution in [0.2, 0.25) is 5.02 Å². The van der Waals surface area contributed by atoms with Crippen molar-refractivity contribution in [3.63, 3.8) is 0 Å². The number of hydrogen-bond donors (Lipinski definition) is 0. The van der Waals surface area contributed by atoms with E-state index < -0.39 is 5.82 Å². The molecule has 1 heterocycles. The highest BCUT2D eigenvalue weighted by atomic mass is 79.9. The van der Waals surface area contributed by atoms with Gasteiger partial charge in [-0.3, -0.25) is 0 Å². The van der Waals surface area contributed by atoms with E-state index in [4.69, 9.17) is 11.6 Å². The van der Waals surface area contributed by atoms with Crippen LogP contribution >= 0.6 is 27.5 Å². The summed E-state index contributed by atoms with van der Waals surface area (Å²) < 4.78 is 13.7. The van der Waals surface area contributed by atoms with E-state index >= 15 is 0 Å². The van der Waals surface area contributed by atoms with Crippen molar-refractivity contribution in [1.82, 2.24) is 9.97 Å². The maximum atomic E-state index is 13.6. The first kappa shape index (κ1) is 10.5. The van der Waals surface area contributed by atoms with E-state index in [0.29, 0.717) is 10.6 Å². The summed E-state index contributed by atoms with van der Waals surface area (Å²) in [4.78, 5) is 7.56. The minimum absolute atomic E-state index is 0.146. The van der Waals surface area contributed by atoms with Gasteiger partial charge in [-0.15, -0.1) is 0 Å². The van der Waals surface area contributed by atoms with Crippen LogP contribution in [0.4, 0.5) is 4.39 Å². The molecule has 0 N–H and O–H groups in total. The molecular formula is C10H5BrClFN2. The minimum atomic E-state index is -0.486. The van der Waals surface area contributed by atoms with Crippen molar-refractivity contribution >= 4 is 27.5 Å². The van der Waals surface area contributed by atoms with Crippen LogP contribution in [0.5, 0.6) is 0 Å². The molecule has 0 atom stereocenters. The molecule has 0 aliphatic carbocycles. The number of aromatic nitrogens is 2. The number of halogens is 3. The van der Waals surface area contributed by atoms with E-state index in [1.165, 1.54) is 6.33 Å². The average molecular weight is 288 g/mol. The first-order valence-corrected chi connectivity index (χ1v) is 5.27. The second kappa shape index (κ2) is 4.24. The first-order chi connectivity index (χ1) is 7.18. The second-order valence-corrected chi connectivity index (χ2v) is 4.02. The molecule has 0 radical (unpaired) electrons. The average Bonchev–Trinajstić information content (AvgIpc) is 2.22. The summed E-state index contributed by atoms with van der Waals surface area (Å²) in [6.45, 7) is 0. The standard InChI is InChI=1S/C10H5BrClFN2/c11-10-8(13)9(14-5-15-10)6-2-1-3-7(12)4-6/h1-5H. The highest BCUT2D eigenvalue weighted by Gasteiger charge is 2.10. The highest BCUT2D eigenvalue weighted by molar-refractivity contribution is 9.10. The van der Waals surface area contributed by atoms with Gasteiger partial charge in [0.2, 0.25) is 0 Å². The van der Waals surface area contributed by atoms with Gasteiger partial charge in [0, 0.05) is 10.6 Å². The summed E-state index contributed by atoms with van der Waals surface area (Å²) in [5.41, 5.74) is 0.863. The van der Waals surface area contributed by atoms with Crippen LogP contribution in [0.15, 0.2) is 35.2 Å². The lowest BCUT2D eigenvalue weighted by Gasteiger charge is -2.03. The molecule has 2 rings (SSSR count). The Balaban J connectivity index is 2.59. The summed E-state index contributed by atoms with van der Waals surface area (Å²) in [5.74, 6) is -0.486. The smallest absolute Gasteiger partial charge is 0.182 e. The monoisotopic (exact) mass is 286 g/mol. The third kappa shape index (κ3) is 2.16. The van der Waals surface area contributed by atoms with E-state index in [1.54, 1.807) is 24.3 Å². The predicted molar refractivity (Wildman–Crippen MR) is 60.1 cm³/mol. The molecule has 0 fully saturated rings. The summed E-state index contributed by atoms with van der Waals surface area (Å²) in [5, 5.41) is 0.543. The van der Waals surface area contributed by atoms with Gasteiger partial charge in [0.15, 0.2) is 5.82 Å². The molecule has 0 amide bonds. The molecule has 2 nitrogen and oxygen atoms in total. The number of benzene rings is 1. The second-order valence-electron chi connectivity index (χ2n) is 2.84. The fraction of sp³-hybridized carbons (Fsp3) is 0. The van der Waals surface area contributed by atoms with Crippen molar-refractivity contribution in [1.29, 1.82) is 0 Å². The lowest BCUT2D eigenvalue weighted by molar-refractivity contribution is 0.609. The Bertz CT molecular complexity index is 505. The summed E-state index contributed by atoms with van der Waals surface area (Å²) in [6, 6.07) is 6.86. The van der Waals surface area contributed by atoms with E-state index in [2.05, 4.69) is 25.9 Å². The van der Waals surface area contributed by atoms with Crippen molar-refractivity contribution < 1.29 is 4.39 Å². The zero-order valence-electron chi connectivity index (χ0n) is 7.42. The Hall–Kier alpha value is -1.00. The Morgan fingerprint density at radius 1 is 1.27 bits per heavy atom. The maximum Gasteiger partial charge on any atom is 0.182 e. The van der Waals surface area contributed by atoms with Gasteiger partial charge in [0.25, 0.3) is 0 Å². The van der Waals surface area contributed by atoms with Crippen molar-refractivity contribution in [2.24, 2.45) is 0 Å². The highest BCUT2D eigenvalue weighted by Crippen LogP contribution is 2.25. The molecule has 2 aromatic rings. The molecule has 0 spiro atoms. The van der Waals surface area contributed by atoms with Crippen LogP contribution in [0.25, 0.3) is 11.3 Å². The van der Waals surface area contributed by atoms with Crippen molar-refractivity contribution in [3.05, 3.63) is 46.0 Å². The van der Waals surface area contributed by atoms with Gasteiger partial charge in [-0.05, 0) is 28.1 Å². The molecule has 0 saturated heterocycles. The van der Waals surface area contributed by atoms with Crippen molar-refractivity contribution in [3.8, 4) is 11.3 Å². The van der Waals surface area contributed by atoms with Crippen molar-refractivity contribution in [2.75, 3.05) is 0 Å². The summed E-state index contributed by atoms with van der Waals surface area (Å²) in [6.07, 6.45) is 1.30. The largest absolute Gasteiger partial charge is 0.233 e. The Morgan fingerprint density at radius 3 is 2.80 bits per heavy atom. The van der Waals surface area contributed by atoms with Gasteiger partial charge in [0.1, 0.15) is 16.6 Å². The molecule has 1 aromatic carbocycles. The quantitative estimate of drug-likeness (QED) is 0.747. The third-order valence-electron chi connectivity index (χ3n) is 1.84. The van der Waals surface area contributed by atoms with Crippen molar-refractivity contribution in [2.45, 2.75) is 0 Å². The van der Waals surface area contributed by atoms with Crippen LogP contribution in [-0.2, 0) is 0 Å². The Morgan fingerprint density at radius 2 is 2.07 bits per heavy atom. The third-order valence-corrected chi connectivity index (χ3v) is 2.63. The van der Waals surface area contributed by atoms with Gasteiger partial charge in [-0.25, -0.2) is 14.4 Å². The van der Waals surface area contributed by atoms with Gasteiger partial charge in [0.05, 0.1) is 0 Å². The molecular weight excluding hydrogens is 282 g/mol. The molecule has 0 unspecified atom stereocenters. The van der Waals surface area contributed by atoms with E-state index in [9.17, 15) is 4.39 Å². The number of hydrogen-bond acceptors (Lipinski definition) is 2. The van der Waals surface area contributed by atoms with E-state index in [1.807, 2.05) is 0 Å². The van der Waals surface area contributed by atoms with Gasteiger partial charge >= 0.3 is 0 Å². The summed E-state index contributed by atoms with van der Waals surface area (Å²) >= 11 is 8.81. The fourth-order valence-electron chi connectivity index (χ4n) is 1.19. The van der Waals surface area contributed by atoms with Crippen LogP contribution in [0, 0.1) is 5.82 Å². The normalized spacial score (nSPS) is 10.3. The zero-order chi connectivity index (χ0) is 10.8. The molecule has 15 heavy (non-hydrogen) atoms. The van der Waals surface area contributed by atoms with Crippen LogP contribution in [0.3, 0.4) is 0 Å². The zero-order valence-corrected chi connectivity index (χ0v) is 9.76. The Kier molecular flexibility index (Phi) is 2.98. The molecule has 0 aliphatic rings. The van der Waals surface area contributed by atoms with E-state index in [0.717, 1.165) is 0 Å². The SMILES string of the molecule is Fc1c(Br)ncnc1-c1cccc(Cl)c1. The molecule has 5 heteroatoms.